The SMILES string of the molecule is CCC1C(C2CCCC2(C)C)C(F)(F)CC2CCCCC21C. The van der Waals surface area contributed by atoms with Crippen LogP contribution in [0.4, 0.5) is 8.78 Å². The summed E-state index contributed by atoms with van der Waals surface area (Å²) in [7, 11) is 0. The van der Waals surface area contributed by atoms with Gasteiger partial charge < -0.3 is 0 Å². The minimum absolute atomic E-state index is 0.0966. The summed E-state index contributed by atoms with van der Waals surface area (Å²) in [4.78, 5) is 0. The number of fused-ring (bicyclic) bond motifs is 1. The van der Waals surface area contributed by atoms with Gasteiger partial charge in [0.1, 0.15) is 0 Å². The number of halogens is 2. The quantitative estimate of drug-likeness (QED) is 0.533. The van der Waals surface area contributed by atoms with Gasteiger partial charge in [-0.15, -0.1) is 0 Å². The van der Waals surface area contributed by atoms with Gasteiger partial charge in [0.05, 0.1) is 0 Å². The Bertz CT molecular complexity index is 414. The first-order chi connectivity index (χ1) is 10.2. The van der Waals surface area contributed by atoms with Crippen LogP contribution in [0.2, 0.25) is 0 Å². The van der Waals surface area contributed by atoms with Gasteiger partial charge in [-0.25, -0.2) is 8.78 Å². The standard InChI is InChI=1S/C20H34F2/c1-5-15-17(16-10-8-11-18(16,2)3)20(21,22)13-14-9-6-7-12-19(14,15)4/h14-17H,5-13H2,1-4H3. The predicted molar refractivity (Wildman–Crippen MR) is 88.0 cm³/mol. The molecule has 3 fully saturated rings. The summed E-state index contributed by atoms with van der Waals surface area (Å²) < 4.78 is 30.5. The maximum absolute atomic E-state index is 15.2. The molecule has 0 heterocycles. The van der Waals surface area contributed by atoms with Gasteiger partial charge in [-0.2, -0.15) is 0 Å². The first-order valence-electron chi connectivity index (χ1n) is 9.60. The normalized spacial score (nSPS) is 47.2. The average molecular weight is 312 g/mol. The molecular formula is C20H34F2. The Labute approximate surface area is 135 Å². The molecule has 3 aliphatic rings. The molecule has 128 valence electrons. The first kappa shape index (κ1) is 16.7. The number of alkyl halides is 2. The second-order valence-electron chi connectivity index (χ2n) is 9.44. The summed E-state index contributed by atoms with van der Waals surface area (Å²) in [5, 5.41) is 0. The lowest BCUT2D eigenvalue weighted by Gasteiger charge is -2.58. The molecule has 0 bridgehead atoms. The lowest BCUT2D eigenvalue weighted by molar-refractivity contribution is -0.211. The Morgan fingerprint density at radius 2 is 1.68 bits per heavy atom. The third-order valence-corrected chi connectivity index (χ3v) is 7.95. The van der Waals surface area contributed by atoms with E-state index in [9.17, 15) is 0 Å². The highest BCUT2D eigenvalue weighted by Crippen LogP contribution is 2.65. The van der Waals surface area contributed by atoms with Gasteiger partial charge >= 0.3 is 0 Å². The highest BCUT2D eigenvalue weighted by molar-refractivity contribution is 5.07. The molecule has 5 unspecified atom stereocenters. The molecule has 0 radical (unpaired) electrons. The van der Waals surface area contributed by atoms with Crippen LogP contribution in [0.3, 0.4) is 0 Å². The van der Waals surface area contributed by atoms with Crippen molar-refractivity contribution in [2.75, 3.05) is 0 Å². The van der Waals surface area contributed by atoms with E-state index >= 15 is 8.78 Å². The van der Waals surface area contributed by atoms with Crippen molar-refractivity contribution in [2.45, 2.75) is 91.4 Å². The zero-order valence-corrected chi connectivity index (χ0v) is 14.9. The molecule has 22 heavy (non-hydrogen) atoms. The minimum Gasteiger partial charge on any atom is -0.207 e. The first-order valence-corrected chi connectivity index (χ1v) is 9.60. The molecule has 0 aliphatic heterocycles. The van der Waals surface area contributed by atoms with Crippen molar-refractivity contribution in [3.63, 3.8) is 0 Å². The van der Waals surface area contributed by atoms with E-state index in [-0.39, 0.29) is 40.9 Å². The van der Waals surface area contributed by atoms with Crippen molar-refractivity contribution < 1.29 is 8.78 Å². The summed E-state index contributed by atoms with van der Waals surface area (Å²) in [6, 6.07) is 0. The molecule has 0 spiro atoms. The summed E-state index contributed by atoms with van der Waals surface area (Å²) >= 11 is 0. The van der Waals surface area contributed by atoms with Gasteiger partial charge in [-0.1, -0.05) is 53.4 Å². The summed E-state index contributed by atoms with van der Waals surface area (Å²) in [5.41, 5.74) is 0.261. The molecule has 0 N–H and O–H groups in total. The van der Waals surface area contributed by atoms with Crippen LogP contribution >= 0.6 is 0 Å². The molecule has 0 saturated heterocycles. The van der Waals surface area contributed by atoms with Gasteiger partial charge in [-0.05, 0) is 54.3 Å². The van der Waals surface area contributed by atoms with Crippen LogP contribution in [-0.2, 0) is 0 Å². The van der Waals surface area contributed by atoms with Crippen LogP contribution in [0, 0.1) is 34.5 Å². The Balaban J connectivity index is 1.99. The summed E-state index contributed by atoms with van der Waals surface area (Å²) in [6.07, 6.45) is 8.99. The lowest BCUT2D eigenvalue weighted by atomic mass is 9.48. The van der Waals surface area contributed by atoms with Gasteiger partial charge in [-0.3, -0.25) is 0 Å². The van der Waals surface area contributed by atoms with Crippen LogP contribution < -0.4 is 0 Å². The Kier molecular flexibility index (Phi) is 4.14. The molecule has 3 aliphatic carbocycles. The fourth-order valence-electron chi connectivity index (χ4n) is 6.74. The second kappa shape index (κ2) is 5.45. The van der Waals surface area contributed by atoms with E-state index in [2.05, 4.69) is 27.7 Å². The molecule has 2 heteroatoms. The van der Waals surface area contributed by atoms with E-state index in [1.165, 1.54) is 12.8 Å². The maximum atomic E-state index is 15.2. The van der Waals surface area contributed by atoms with Crippen molar-refractivity contribution in [1.29, 1.82) is 0 Å². The van der Waals surface area contributed by atoms with Crippen molar-refractivity contribution in [1.82, 2.24) is 0 Å². The van der Waals surface area contributed by atoms with Crippen LogP contribution in [0.25, 0.3) is 0 Å². The molecule has 0 aromatic carbocycles. The van der Waals surface area contributed by atoms with E-state index < -0.39 is 5.92 Å². The Hall–Kier alpha value is -0.140. The van der Waals surface area contributed by atoms with E-state index in [1.54, 1.807) is 0 Å². The van der Waals surface area contributed by atoms with Gasteiger partial charge in [0.25, 0.3) is 5.92 Å². The zero-order chi connectivity index (χ0) is 16.2. The Morgan fingerprint density at radius 3 is 2.27 bits per heavy atom. The van der Waals surface area contributed by atoms with Crippen molar-refractivity contribution in [2.24, 2.45) is 34.5 Å². The number of hydrogen-bond acceptors (Lipinski definition) is 0. The van der Waals surface area contributed by atoms with E-state index in [1.807, 2.05) is 0 Å². The molecule has 0 amide bonds. The molecule has 3 saturated carbocycles. The van der Waals surface area contributed by atoms with Gasteiger partial charge in [0.2, 0.25) is 0 Å². The third kappa shape index (κ3) is 2.44. The topological polar surface area (TPSA) is 0 Å². The zero-order valence-electron chi connectivity index (χ0n) is 14.9. The molecule has 5 atom stereocenters. The number of hydrogen-bond donors (Lipinski definition) is 0. The fraction of sp³-hybridized carbons (Fsp3) is 1.00. The second-order valence-corrected chi connectivity index (χ2v) is 9.44. The van der Waals surface area contributed by atoms with E-state index in [0.29, 0.717) is 0 Å². The summed E-state index contributed by atoms with van der Waals surface area (Å²) in [6.45, 7) is 9.00. The van der Waals surface area contributed by atoms with Crippen LogP contribution in [0.1, 0.15) is 85.5 Å². The maximum Gasteiger partial charge on any atom is 0.251 e. The Morgan fingerprint density at radius 1 is 0.955 bits per heavy atom. The van der Waals surface area contributed by atoms with E-state index in [0.717, 1.165) is 38.5 Å². The lowest BCUT2D eigenvalue weighted by Crippen LogP contribution is -2.57. The average Bonchev–Trinajstić information content (AvgIpc) is 2.76. The van der Waals surface area contributed by atoms with Crippen molar-refractivity contribution >= 4 is 0 Å². The molecule has 0 nitrogen and oxygen atoms in total. The smallest absolute Gasteiger partial charge is 0.207 e. The van der Waals surface area contributed by atoms with Gasteiger partial charge in [0, 0.05) is 12.3 Å². The highest BCUT2D eigenvalue weighted by Gasteiger charge is 2.63. The van der Waals surface area contributed by atoms with Crippen molar-refractivity contribution in [3.8, 4) is 0 Å². The predicted octanol–water partition coefficient (Wildman–Crippen LogP) is 6.69. The van der Waals surface area contributed by atoms with Crippen LogP contribution in [-0.4, -0.2) is 5.92 Å². The monoisotopic (exact) mass is 312 g/mol. The number of rotatable bonds is 2. The molecule has 0 aromatic heterocycles. The third-order valence-electron chi connectivity index (χ3n) is 7.95. The van der Waals surface area contributed by atoms with E-state index in [4.69, 9.17) is 0 Å². The fourth-order valence-corrected chi connectivity index (χ4v) is 6.74. The van der Waals surface area contributed by atoms with Crippen LogP contribution in [0.15, 0.2) is 0 Å². The molecule has 3 rings (SSSR count). The summed E-state index contributed by atoms with van der Waals surface area (Å²) in [5.74, 6) is -2.15. The van der Waals surface area contributed by atoms with Gasteiger partial charge in [0.15, 0.2) is 0 Å². The molecular weight excluding hydrogens is 278 g/mol. The largest absolute Gasteiger partial charge is 0.251 e. The minimum atomic E-state index is -2.45. The van der Waals surface area contributed by atoms with Crippen molar-refractivity contribution in [3.05, 3.63) is 0 Å². The molecule has 0 aromatic rings. The highest BCUT2D eigenvalue weighted by atomic mass is 19.3. The van der Waals surface area contributed by atoms with Crippen LogP contribution in [0.5, 0.6) is 0 Å².